The second kappa shape index (κ2) is 17.8. The average molecular weight is 681 g/mol. The number of nitrogens with two attached hydrogens (primary N) is 1. The third-order valence-corrected chi connectivity index (χ3v) is 8.53. The lowest BCUT2D eigenvalue weighted by Gasteiger charge is -2.33. The Labute approximate surface area is 278 Å². The van der Waals surface area contributed by atoms with Crippen LogP contribution in [0.3, 0.4) is 0 Å². The number of aromatic nitrogens is 1. The quantitative estimate of drug-likeness (QED) is 0.0832. The number of likely N-dealkylation sites (tertiary alicyclic amines) is 1. The predicted molar refractivity (Wildman–Crippen MR) is 180 cm³/mol. The van der Waals surface area contributed by atoms with Crippen LogP contribution in [0.25, 0.3) is 10.9 Å². The fourth-order valence-corrected chi connectivity index (χ4v) is 6.07. The van der Waals surface area contributed by atoms with E-state index in [-0.39, 0.29) is 12.2 Å². The first-order valence-electron chi connectivity index (χ1n) is 15.5. The molecule has 2 atom stereocenters. The number of halogens is 4. The normalized spacial score (nSPS) is 17.1. The minimum absolute atomic E-state index is 0.173. The van der Waals surface area contributed by atoms with Crippen molar-refractivity contribution >= 4 is 34.2 Å². The number of hydrogen-bond donors (Lipinski definition) is 3. The number of rotatable bonds is 16. The molecule has 0 saturated carbocycles. The Balaban J connectivity index is 1.40. The number of hydrogen-bond acceptors (Lipinski definition) is 9. The fraction of sp³-hybridized carbons (Fsp3) is 0.515. The van der Waals surface area contributed by atoms with E-state index < -0.39 is 24.9 Å². The molecule has 2 heterocycles. The standard InChI is InChI=1S/C33H44F4N6O3S/c1-41-14-11-29(27(34)22-41)40-28-7-4-8-31-26(28)20-24(43(31)23-33(35,36)37)6-5-13-39-30-10-9-25(21-32(30)44-3)47-42(2)15-17-46-19-18-45-16-12-38/h4,7-10,20-21,27,29,39-40H,11-19,22-23,38H2,1-3H3. The van der Waals surface area contributed by atoms with Crippen molar-refractivity contribution in [3.63, 3.8) is 0 Å². The Bertz CT molecular complexity index is 1490. The van der Waals surface area contributed by atoms with Gasteiger partial charge in [0.05, 0.1) is 63.0 Å². The van der Waals surface area contributed by atoms with Crippen LogP contribution >= 0.6 is 11.9 Å². The summed E-state index contributed by atoms with van der Waals surface area (Å²) < 4.78 is 75.3. The number of fused-ring (bicyclic) bond motifs is 1. The lowest BCUT2D eigenvalue weighted by molar-refractivity contribution is -0.140. The first-order chi connectivity index (χ1) is 22.6. The monoisotopic (exact) mass is 680 g/mol. The summed E-state index contributed by atoms with van der Waals surface area (Å²) >= 11 is 1.55. The minimum atomic E-state index is -4.45. The summed E-state index contributed by atoms with van der Waals surface area (Å²) in [4.78, 5) is 2.89. The van der Waals surface area contributed by atoms with Gasteiger partial charge in [-0.3, -0.25) is 0 Å². The molecule has 1 aliphatic heterocycles. The maximum Gasteiger partial charge on any atom is 0.406 e. The summed E-state index contributed by atoms with van der Waals surface area (Å²) in [6.07, 6.45) is -4.94. The van der Waals surface area contributed by atoms with E-state index in [0.717, 1.165) is 11.4 Å². The number of anilines is 2. The van der Waals surface area contributed by atoms with Gasteiger partial charge in [-0.1, -0.05) is 12.0 Å². The summed E-state index contributed by atoms with van der Waals surface area (Å²) in [6, 6.07) is 12.0. The van der Waals surface area contributed by atoms with Crippen LogP contribution in [-0.4, -0.2) is 113 Å². The molecule has 258 valence electrons. The number of nitrogens with zero attached hydrogens (tertiary/aromatic N) is 3. The van der Waals surface area contributed by atoms with E-state index in [1.165, 1.54) is 4.57 Å². The van der Waals surface area contributed by atoms with Crippen LogP contribution in [0.5, 0.6) is 5.75 Å². The Kier molecular flexibility index (Phi) is 13.9. The van der Waals surface area contributed by atoms with E-state index in [0.29, 0.717) is 80.5 Å². The van der Waals surface area contributed by atoms with Gasteiger partial charge in [0.15, 0.2) is 0 Å². The van der Waals surface area contributed by atoms with Crippen molar-refractivity contribution in [3.8, 4) is 17.6 Å². The van der Waals surface area contributed by atoms with E-state index >= 15 is 0 Å². The second-order valence-corrected chi connectivity index (χ2v) is 12.5. The first-order valence-corrected chi connectivity index (χ1v) is 16.3. The van der Waals surface area contributed by atoms with Gasteiger partial charge < -0.3 is 40.0 Å². The molecule has 0 bridgehead atoms. The fourth-order valence-electron chi connectivity index (χ4n) is 5.26. The van der Waals surface area contributed by atoms with Gasteiger partial charge in [0.25, 0.3) is 0 Å². The molecule has 1 fully saturated rings. The van der Waals surface area contributed by atoms with Crippen LogP contribution in [0.1, 0.15) is 12.1 Å². The molecule has 3 aromatic rings. The van der Waals surface area contributed by atoms with Crippen LogP contribution in [0.2, 0.25) is 0 Å². The van der Waals surface area contributed by atoms with Gasteiger partial charge in [-0.15, -0.1) is 0 Å². The zero-order valence-corrected chi connectivity index (χ0v) is 27.9. The summed E-state index contributed by atoms with van der Waals surface area (Å²) in [5, 5.41) is 7.02. The number of methoxy groups -OCH3 is 1. The summed E-state index contributed by atoms with van der Waals surface area (Å²) in [7, 11) is 5.41. The average Bonchev–Trinajstić information content (AvgIpc) is 3.37. The molecule has 4 N–H and O–H groups in total. The Morgan fingerprint density at radius 1 is 1.09 bits per heavy atom. The summed E-state index contributed by atoms with van der Waals surface area (Å²) in [6.45, 7) is 3.32. The highest BCUT2D eigenvalue weighted by atomic mass is 32.2. The zero-order valence-electron chi connectivity index (χ0n) is 27.0. The van der Waals surface area contributed by atoms with Crippen LogP contribution in [0.4, 0.5) is 28.9 Å². The van der Waals surface area contributed by atoms with Crippen molar-refractivity contribution in [2.75, 3.05) is 91.0 Å². The van der Waals surface area contributed by atoms with E-state index in [1.54, 1.807) is 43.3 Å². The molecule has 0 aliphatic carbocycles. The lowest BCUT2D eigenvalue weighted by atomic mass is 10.0. The summed E-state index contributed by atoms with van der Waals surface area (Å²) in [5.74, 6) is 6.49. The Morgan fingerprint density at radius 3 is 2.60 bits per heavy atom. The number of alkyl halides is 4. The molecule has 1 aliphatic rings. The Morgan fingerprint density at radius 2 is 1.87 bits per heavy atom. The van der Waals surface area contributed by atoms with Crippen molar-refractivity contribution in [1.82, 2.24) is 13.8 Å². The van der Waals surface area contributed by atoms with E-state index in [2.05, 4.69) is 26.8 Å². The molecule has 0 amide bonds. The smallest absolute Gasteiger partial charge is 0.406 e. The van der Waals surface area contributed by atoms with Gasteiger partial charge in [-0.2, -0.15) is 13.2 Å². The van der Waals surface area contributed by atoms with Gasteiger partial charge in [-0.05, 0) is 74.8 Å². The van der Waals surface area contributed by atoms with E-state index in [1.807, 2.05) is 37.2 Å². The number of piperidine rings is 1. The molecular formula is C33H44F4N6O3S. The maximum absolute atomic E-state index is 14.8. The summed E-state index contributed by atoms with van der Waals surface area (Å²) in [5.41, 5.74) is 7.30. The number of ether oxygens (including phenoxy) is 3. The maximum atomic E-state index is 14.8. The third kappa shape index (κ3) is 11.2. The molecule has 2 unspecified atom stereocenters. The molecule has 47 heavy (non-hydrogen) atoms. The SMILES string of the molecule is COc1cc(SN(C)CCOCCOCCN)ccc1NCC#Cc1cc2c(NC3CCN(C)CC3F)cccc2n1CC(F)(F)F. The van der Waals surface area contributed by atoms with Crippen molar-refractivity contribution in [2.24, 2.45) is 5.73 Å². The van der Waals surface area contributed by atoms with Crippen LogP contribution in [0, 0.1) is 11.8 Å². The van der Waals surface area contributed by atoms with Gasteiger partial charge >= 0.3 is 6.18 Å². The second-order valence-electron chi connectivity index (χ2n) is 11.3. The molecule has 4 rings (SSSR count). The predicted octanol–water partition coefficient (Wildman–Crippen LogP) is 5.06. The van der Waals surface area contributed by atoms with Crippen LogP contribution in [-0.2, 0) is 16.0 Å². The molecule has 14 heteroatoms. The van der Waals surface area contributed by atoms with Crippen LogP contribution in [0.15, 0.2) is 47.4 Å². The molecule has 2 aromatic carbocycles. The Hall–Kier alpha value is -3.19. The highest BCUT2D eigenvalue weighted by Gasteiger charge is 2.31. The van der Waals surface area contributed by atoms with Crippen molar-refractivity contribution < 1.29 is 31.8 Å². The highest BCUT2D eigenvalue weighted by molar-refractivity contribution is 7.97. The number of likely N-dealkylation sites (N-methyl/N-ethyl adjacent to an activating group) is 1. The molecular weight excluding hydrogens is 636 g/mol. The first kappa shape index (κ1) is 36.6. The van der Waals surface area contributed by atoms with Gasteiger partial charge in [0.2, 0.25) is 0 Å². The largest absolute Gasteiger partial charge is 0.495 e. The van der Waals surface area contributed by atoms with Crippen molar-refractivity contribution in [3.05, 3.63) is 48.2 Å². The number of nitrogens with one attached hydrogen (secondary N) is 2. The molecule has 1 saturated heterocycles. The third-order valence-electron chi connectivity index (χ3n) is 7.57. The molecule has 0 spiro atoms. The van der Waals surface area contributed by atoms with Crippen molar-refractivity contribution in [2.45, 2.75) is 36.3 Å². The highest BCUT2D eigenvalue weighted by Crippen LogP contribution is 2.33. The number of benzene rings is 2. The zero-order chi connectivity index (χ0) is 33.8. The van der Waals surface area contributed by atoms with Crippen molar-refractivity contribution in [1.29, 1.82) is 0 Å². The van der Waals surface area contributed by atoms with Gasteiger partial charge in [-0.25, -0.2) is 8.70 Å². The lowest BCUT2D eigenvalue weighted by Crippen LogP contribution is -2.46. The topological polar surface area (TPSA) is 89.2 Å². The molecule has 1 aromatic heterocycles. The molecule has 0 radical (unpaired) electrons. The minimum Gasteiger partial charge on any atom is -0.495 e. The molecule has 9 nitrogen and oxygen atoms in total. The van der Waals surface area contributed by atoms with E-state index in [4.69, 9.17) is 19.9 Å². The van der Waals surface area contributed by atoms with Crippen LogP contribution < -0.4 is 21.1 Å². The van der Waals surface area contributed by atoms with Gasteiger partial charge in [0, 0.05) is 42.1 Å². The van der Waals surface area contributed by atoms with Gasteiger partial charge in [0.1, 0.15) is 18.5 Å². The van der Waals surface area contributed by atoms with E-state index in [9.17, 15) is 17.6 Å².